The number of hydrogen-bond donors (Lipinski definition) is 0. The lowest BCUT2D eigenvalue weighted by Crippen LogP contribution is -2.21. The number of ketones is 1. The molecule has 0 saturated heterocycles. The second-order valence-corrected chi connectivity index (χ2v) is 5.24. The monoisotopic (exact) mass is 278 g/mol. The predicted molar refractivity (Wildman–Crippen MR) is 79.8 cm³/mol. The summed E-state index contributed by atoms with van der Waals surface area (Å²) in [5.74, 6) is 1.08. The van der Waals surface area contributed by atoms with Crippen LogP contribution in [0.15, 0.2) is 59.0 Å². The van der Waals surface area contributed by atoms with Crippen LogP contribution in [0.1, 0.15) is 28.5 Å². The molecular formula is C18H14O3. The molecule has 1 atom stereocenters. The molecule has 1 unspecified atom stereocenters. The zero-order valence-electron chi connectivity index (χ0n) is 11.4. The fourth-order valence-corrected chi connectivity index (χ4v) is 2.89. The van der Waals surface area contributed by atoms with E-state index in [9.17, 15) is 4.79 Å². The average molecular weight is 278 g/mol. The summed E-state index contributed by atoms with van der Waals surface area (Å²) in [6.07, 6.45) is 0.687. The number of Topliss-reactive ketones (excluding diaryl/α,β-unsaturated/α-hetero) is 1. The molecule has 0 aliphatic carbocycles. The van der Waals surface area contributed by atoms with Gasteiger partial charge in [-0.05, 0) is 24.6 Å². The first kappa shape index (κ1) is 12.2. The van der Waals surface area contributed by atoms with Crippen molar-refractivity contribution in [1.29, 1.82) is 0 Å². The molecule has 4 rings (SSSR count). The van der Waals surface area contributed by atoms with Crippen molar-refractivity contribution in [2.45, 2.75) is 12.3 Å². The highest BCUT2D eigenvalue weighted by Crippen LogP contribution is 2.36. The molecule has 0 N–H and O–H groups in total. The fourth-order valence-electron chi connectivity index (χ4n) is 2.89. The topological polar surface area (TPSA) is 39.4 Å². The molecule has 2 heterocycles. The van der Waals surface area contributed by atoms with E-state index < -0.39 is 0 Å². The van der Waals surface area contributed by atoms with Gasteiger partial charge in [-0.1, -0.05) is 36.4 Å². The van der Waals surface area contributed by atoms with Crippen LogP contribution in [0.25, 0.3) is 11.0 Å². The molecule has 104 valence electrons. The molecule has 0 spiro atoms. The van der Waals surface area contributed by atoms with Crippen LogP contribution in [-0.2, 0) is 0 Å². The van der Waals surface area contributed by atoms with Crippen LogP contribution in [0.4, 0.5) is 0 Å². The molecule has 0 bridgehead atoms. The van der Waals surface area contributed by atoms with E-state index >= 15 is 0 Å². The maximum Gasteiger partial charge on any atom is 0.205 e. The Morgan fingerprint density at radius 1 is 1.05 bits per heavy atom. The third kappa shape index (κ3) is 2.02. The van der Waals surface area contributed by atoms with Gasteiger partial charge in [0, 0.05) is 10.9 Å². The molecule has 3 nitrogen and oxygen atoms in total. The van der Waals surface area contributed by atoms with Crippen molar-refractivity contribution in [3.8, 4) is 5.75 Å². The predicted octanol–water partition coefficient (Wildman–Crippen LogP) is 4.18. The van der Waals surface area contributed by atoms with E-state index in [-0.39, 0.29) is 11.7 Å². The molecule has 1 aliphatic heterocycles. The Kier molecular flexibility index (Phi) is 2.78. The molecule has 3 aromatic rings. The van der Waals surface area contributed by atoms with Gasteiger partial charge in [0.2, 0.25) is 5.78 Å². The van der Waals surface area contributed by atoms with Crippen LogP contribution < -0.4 is 4.74 Å². The average Bonchev–Trinajstić information content (AvgIpc) is 2.97. The lowest BCUT2D eigenvalue weighted by molar-refractivity contribution is 0.0907. The van der Waals surface area contributed by atoms with Crippen LogP contribution in [0.5, 0.6) is 5.75 Å². The van der Waals surface area contributed by atoms with Gasteiger partial charge in [-0.15, -0.1) is 0 Å². The molecule has 2 aromatic carbocycles. The summed E-state index contributed by atoms with van der Waals surface area (Å²) in [5, 5.41) is 0.959. The van der Waals surface area contributed by atoms with Crippen molar-refractivity contribution in [3.63, 3.8) is 0 Å². The molecule has 0 fully saturated rings. The van der Waals surface area contributed by atoms with Gasteiger partial charge in [0.05, 0.1) is 12.5 Å². The third-order valence-corrected chi connectivity index (χ3v) is 3.94. The van der Waals surface area contributed by atoms with Gasteiger partial charge in [-0.25, -0.2) is 0 Å². The zero-order valence-corrected chi connectivity index (χ0v) is 11.4. The Morgan fingerprint density at radius 2 is 1.86 bits per heavy atom. The first-order valence-electron chi connectivity index (χ1n) is 7.07. The first-order chi connectivity index (χ1) is 10.3. The number of fused-ring (bicyclic) bond motifs is 2. The highest BCUT2D eigenvalue weighted by atomic mass is 16.5. The largest absolute Gasteiger partial charge is 0.493 e. The molecule has 1 aromatic heterocycles. The molecule has 0 radical (unpaired) electrons. The minimum absolute atomic E-state index is 0.0296. The fraction of sp³-hybridized carbons (Fsp3) is 0.167. The third-order valence-electron chi connectivity index (χ3n) is 3.94. The summed E-state index contributed by atoms with van der Waals surface area (Å²) in [7, 11) is 0. The van der Waals surface area contributed by atoms with Crippen molar-refractivity contribution in [3.05, 3.63) is 65.9 Å². The number of carbonyl (C=O) groups excluding carboxylic acids is 1. The standard InChI is InChI=1S/C18H14O3/c19-18(17-11-12-5-1-3-7-15(12)21-17)14-9-10-20-16-8-4-2-6-13(14)16/h1-8,11,14H,9-10H2. The second-order valence-electron chi connectivity index (χ2n) is 5.24. The summed E-state index contributed by atoms with van der Waals surface area (Å²) in [6.45, 7) is 0.563. The molecule has 21 heavy (non-hydrogen) atoms. The number of furan rings is 1. The van der Waals surface area contributed by atoms with E-state index in [0.29, 0.717) is 18.8 Å². The van der Waals surface area contributed by atoms with E-state index in [1.807, 2.05) is 54.6 Å². The Hall–Kier alpha value is -2.55. The van der Waals surface area contributed by atoms with Crippen molar-refractivity contribution < 1.29 is 13.9 Å². The normalized spacial score (nSPS) is 17.2. The minimum Gasteiger partial charge on any atom is -0.493 e. The highest BCUT2D eigenvalue weighted by molar-refractivity contribution is 6.02. The Labute approximate surface area is 122 Å². The number of ether oxygens (including phenoxy) is 1. The van der Waals surface area contributed by atoms with Gasteiger partial charge in [-0.3, -0.25) is 4.79 Å². The number of para-hydroxylation sites is 2. The van der Waals surface area contributed by atoms with Crippen LogP contribution >= 0.6 is 0 Å². The summed E-state index contributed by atoms with van der Waals surface area (Å²) in [6, 6.07) is 17.2. The molecule has 1 aliphatic rings. The van der Waals surface area contributed by atoms with Gasteiger partial charge in [-0.2, -0.15) is 0 Å². The van der Waals surface area contributed by atoms with Crippen molar-refractivity contribution in [1.82, 2.24) is 0 Å². The summed E-state index contributed by atoms with van der Waals surface area (Å²) in [4.78, 5) is 12.8. The summed E-state index contributed by atoms with van der Waals surface area (Å²) >= 11 is 0. The lowest BCUT2D eigenvalue weighted by atomic mass is 9.88. The maximum atomic E-state index is 12.8. The molecule has 0 saturated carbocycles. The highest BCUT2D eigenvalue weighted by Gasteiger charge is 2.30. The van der Waals surface area contributed by atoms with Gasteiger partial charge in [0.1, 0.15) is 11.3 Å². The SMILES string of the molecule is O=C(c1cc2ccccc2o1)C1CCOc2ccccc21. The maximum absolute atomic E-state index is 12.8. The number of carbonyl (C=O) groups is 1. The number of benzene rings is 2. The van der Waals surface area contributed by atoms with E-state index in [4.69, 9.17) is 9.15 Å². The van der Waals surface area contributed by atoms with E-state index in [1.54, 1.807) is 0 Å². The van der Waals surface area contributed by atoms with Crippen LogP contribution in [0.2, 0.25) is 0 Å². The quantitative estimate of drug-likeness (QED) is 0.660. The Morgan fingerprint density at radius 3 is 2.76 bits per heavy atom. The van der Waals surface area contributed by atoms with Gasteiger partial charge < -0.3 is 9.15 Å². The zero-order chi connectivity index (χ0) is 14.2. The molecule has 0 amide bonds. The van der Waals surface area contributed by atoms with Crippen LogP contribution in [-0.4, -0.2) is 12.4 Å². The minimum atomic E-state index is -0.185. The van der Waals surface area contributed by atoms with E-state index in [1.165, 1.54) is 0 Å². The van der Waals surface area contributed by atoms with Crippen LogP contribution in [0, 0.1) is 0 Å². The summed E-state index contributed by atoms with van der Waals surface area (Å²) < 4.78 is 11.3. The Bertz CT molecular complexity index is 783. The van der Waals surface area contributed by atoms with Crippen molar-refractivity contribution in [2.24, 2.45) is 0 Å². The van der Waals surface area contributed by atoms with Gasteiger partial charge >= 0.3 is 0 Å². The molecular weight excluding hydrogens is 264 g/mol. The number of hydrogen-bond acceptors (Lipinski definition) is 3. The smallest absolute Gasteiger partial charge is 0.205 e. The van der Waals surface area contributed by atoms with Crippen molar-refractivity contribution in [2.75, 3.05) is 6.61 Å². The summed E-state index contributed by atoms with van der Waals surface area (Å²) in [5.41, 5.74) is 1.70. The van der Waals surface area contributed by atoms with Crippen molar-refractivity contribution >= 4 is 16.8 Å². The van der Waals surface area contributed by atoms with Crippen LogP contribution in [0.3, 0.4) is 0 Å². The Balaban J connectivity index is 1.75. The molecule has 3 heteroatoms. The first-order valence-corrected chi connectivity index (χ1v) is 7.07. The van der Waals surface area contributed by atoms with Gasteiger partial charge in [0.15, 0.2) is 5.76 Å². The second kappa shape index (κ2) is 4.77. The number of rotatable bonds is 2. The van der Waals surface area contributed by atoms with E-state index in [2.05, 4.69) is 0 Å². The lowest BCUT2D eigenvalue weighted by Gasteiger charge is -2.24. The van der Waals surface area contributed by atoms with E-state index in [0.717, 1.165) is 22.3 Å². The van der Waals surface area contributed by atoms with Gasteiger partial charge in [0.25, 0.3) is 0 Å².